The zero-order chi connectivity index (χ0) is 26.1. The molecule has 190 valence electrons. The van der Waals surface area contributed by atoms with Gasteiger partial charge in [0, 0.05) is 50.3 Å². The number of anilines is 1. The largest absolute Gasteiger partial charge is 0.352 e. The number of piperazine rings is 1. The van der Waals surface area contributed by atoms with Crippen LogP contribution in [0.2, 0.25) is 0 Å². The summed E-state index contributed by atoms with van der Waals surface area (Å²) in [6.45, 7) is 6.07. The highest BCUT2D eigenvalue weighted by atomic mass is 19.1. The number of nitro groups is 1. The third kappa shape index (κ3) is 4.72. The summed E-state index contributed by atoms with van der Waals surface area (Å²) in [5.74, 6) is 1.01. The van der Waals surface area contributed by atoms with Crippen molar-refractivity contribution in [3.8, 4) is 5.69 Å². The minimum absolute atomic E-state index is 0.0476. The highest BCUT2D eigenvalue weighted by Crippen LogP contribution is 2.30. The Kier molecular flexibility index (Phi) is 6.51. The van der Waals surface area contributed by atoms with Gasteiger partial charge in [-0.05, 0) is 49.7 Å². The van der Waals surface area contributed by atoms with Gasteiger partial charge in [0.05, 0.1) is 21.7 Å². The van der Waals surface area contributed by atoms with Gasteiger partial charge in [-0.2, -0.15) is 5.10 Å². The number of rotatable bonds is 6. The molecule has 10 nitrogen and oxygen atoms in total. The van der Waals surface area contributed by atoms with Crippen molar-refractivity contribution in [3.05, 3.63) is 81.5 Å². The summed E-state index contributed by atoms with van der Waals surface area (Å²) < 4.78 is 15.2. The van der Waals surface area contributed by atoms with Crippen molar-refractivity contribution in [2.75, 3.05) is 31.1 Å². The van der Waals surface area contributed by atoms with Crippen molar-refractivity contribution < 1.29 is 14.1 Å². The van der Waals surface area contributed by atoms with Crippen LogP contribution in [0, 0.1) is 22.9 Å². The Hall–Kier alpha value is -4.41. The number of aromatic nitrogens is 4. The fourth-order valence-electron chi connectivity index (χ4n) is 4.56. The molecular formula is C26H26FN7O3. The number of fused-ring (bicyclic) bond motifs is 1. The van der Waals surface area contributed by atoms with E-state index >= 15 is 0 Å². The van der Waals surface area contributed by atoms with Crippen LogP contribution in [-0.4, -0.2) is 61.7 Å². The Balaban J connectivity index is 1.43. The SMILES string of the molecule is CCCc1nc(N2CCN(C(=O)c3ccc([N+](=O)[O-])cc3)CC2)c2c(C)nn(-c3ccc(F)cc3)c2n1. The average Bonchev–Trinajstić information content (AvgIpc) is 3.24. The number of non-ortho nitro benzene ring substituents is 1. The first-order valence-corrected chi connectivity index (χ1v) is 12.2. The molecular weight excluding hydrogens is 477 g/mol. The van der Waals surface area contributed by atoms with E-state index in [0.29, 0.717) is 55.3 Å². The maximum atomic E-state index is 13.5. The predicted octanol–water partition coefficient (Wildman–Crippen LogP) is 4.09. The standard InChI is InChI=1S/C26H26FN7O3/c1-3-4-22-28-24(23-17(2)30-33(25(23)29-22)20-11-7-19(27)8-12-20)31-13-15-32(16-14-31)26(35)18-5-9-21(10-6-18)34(36)37/h5-12H,3-4,13-16H2,1-2H3. The summed E-state index contributed by atoms with van der Waals surface area (Å²) in [4.78, 5) is 37.0. The van der Waals surface area contributed by atoms with Crippen LogP contribution in [0.25, 0.3) is 16.7 Å². The molecule has 4 aromatic rings. The van der Waals surface area contributed by atoms with Gasteiger partial charge >= 0.3 is 0 Å². The quantitative estimate of drug-likeness (QED) is 0.288. The molecule has 0 unspecified atom stereocenters. The first-order chi connectivity index (χ1) is 17.9. The highest BCUT2D eigenvalue weighted by Gasteiger charge is 2.27. The molecule has 2 aromatic carbocycles. The van der Waals surface area contributed by atoms with Gasteiger partial charge in [0.1, 0.15) is 17.5 Å². The number of nitro benzene ring substituents is 1. The van der Waals surface area contributed by atoms with Crippen molar-refractivity contribution >= 4 is 28.4 Å². The Labute approximate surface area is 212 Å². The Morgan fingerprint density at radius 2 is 1.70 bits per heavy atom. The highest BCUT2D eigenvalue weighted by molar-refractivity contribution is 5.95. The van der Waals surface area contributed by atoms with Crippen molar-refractivity contribution in [1.82, 2.24) is 24.6 Å². The van der Waals surface area contributed by atoms with E-state index in [1.807, 2.05) is 6.92 Å². The van der Waals surface area contributed by atoms with E-state index < -0.39 is 4.92 Å². The molecule has 0 radical (unpaired) electrons. The molecule has 5 rings (SSSR count). The van der Waals surface area contributed by atoms with Crippen LogP contribution in [0.1, 0.15) is 35.2 Å². The molecule has 0 spiro atoms. The van der Waals surface area contributed by atoms with Crippen LogP contribution in [-0.2, 0) is 6.42 Å². The van der Waals surface area contributed by atoms with Gasteiger partial charge in [-0.15, -0.1) is 0 Å². The minimum Gasteiger partial charge on any atom is -0.352 e. The van der Waals surface area contributed by atoms with E-state index in [1.54, 1.807) is 21.7 Å². The predicted molar refractivity (Wildman–Crippen MR) is 137 cm³/mol. The topological polar surface area (TPSA) is 110 Å². The first-order valence-electron chi connectivity index (χ1n) is 12.2. The van der Waals surface area contributed by atoms with Crippen LogP contribution in [0.3, 0.4) is 0 Å². The molecule has 1 amide bonds. The van der Waals surface area contributed by atoms with Crippen LogP contribution in [0.5, 0.6) is 0 Å². The van der Waals surface area contributed by atoms with Gasteiger partial charge in [0.2, 0.25) is 0 Å². The lowest BCUT2D eigenvalue weighted by Crippen LogP contribution is -2.49. The Morgan fingerprint density at radius 3 is 2.32 bits per heavy atom. The van der Waals surface area contributed by atoms with E-state index in [0.717, 1.165) is 23.3 Å². The number of hydrogen-bond acceptors (Lipinski definition) is 7. The Morgan fingerprint density at radius 1 is 1.03 bits per heavy atom. The monoisotopic (exact) mass is 503 g/mol. The fourth-order valence-corrected chi connectivity index (χ4v) is 4.56. The molecule has 0 atom stereocenters. The van der Waals surface area contributed by atoms with E-state index in [4.69, 9.17) is 15.1 Å². The van der Waals surface area contributed by atoms with E-state index in [2.05, 4.69) is 11.8 Å². The number of amides is 1. The van der Waals surface area contributed by atoms with E-state index in [-0.39, 0.29) is 17.4 Å². The summed E-state index contributed by atoms with van der Waals surface area (Å²) >= 11 is 0. The molecule has 1 saturated heterocycles. The summed E-state index contributed by atoms with van der Waals surface area (Å²) in [5, 5.41) is 16.4. The van der Waals surface area contributed by atoms with E-state index in [9.17, 15) is 19.3 Å². The second-order valence-corrected chi connectivity index (χ2v) is 8.97. The normalized spacial score (nSPS) is 13.8. The second kappa shape index (κ2) is 9.92. The molecule has 0 bridgehead atoms. The van der Waals surface area contributed by atoms with Gasteiger partial charge in [-0.3, -0.25) is 14.9 Å². The number of hydrogen-bond donors (Lipinski definition) is 0. The lowest BCUT2D eigenvalue weighted by molar-refractivity contribution is -0.384. The Bertz CT molecular complexity index is 1460. The molecule has 37 heavy (non-hydrogen) atoms. The smallest absolute Gasteiger partial charge is 0.269 e. The summed E-state index contributed by atoms with van der Waals surface area (Å²) in [6, 6.07) is 11.8. The van der Waals surface area contributed by atoms with Gasteiger partial charge in [0.15, 0.2) is 5.65 Å². The number of carbonyl (C=O) groups excluding carboxylic acids is 1. The first kappa shape index (κ1) is 24.3. The van der Waals surface area contributed by atoms with Gasteiger partial charge in [-0.25, -0.2) is 19.0 Å². The van der Waals surface area contributed by atoms with Crippen LogP contribution in [0.15, 0.2) is 48.5 Å². The molecule has 0 aliphatic carbocycles. The molecule has 0 saturated carbocycles. The minimum atomic E-state index is -0.484. The number of carbonyl (C=O) groups is 1. The van der Waals surface area contributed by atoms with Crippen molar-refractivity contribution in [2.24, 2.45) is 0 Å². The lowest BCUT2D eigenvalue weighted by Gasteiger charge is -2.35. The fraction of sp³-hybridized carbons (Fsp3) is 0.308. The summed E-state index contributed by atoms with van der Waals surface area (Å²) in [5.41, 5.74) is 2.52. The third-order valence-electron chi connectivity index (χ3n) is 6.47. The molecule has 2 aromatic heterocycles. The molecule has 3 heterocycles. The average molecular weight is 504 g/mol. The van der Waals surface area contributed by atoms with E-state index in [1.165, 1.54) is 36.4 Å². The van der Waals surface area contributed by atoms with Crippen molar-refractivity contribution in [2.45, 2.75) is 26.7 Å². The van der Waals surface area contributed by atoms with Crippen LogP contribution >= 0.6 is 0 Å². The third-order valence-corrected chi connectivity index (χ3v) is 6.47. The number of aryl methyl sites for hydroxylation is 2. The maximum Gasteiger partial charge on any atom is 0.269 e. The number of benzene rings is 2. The second-order valence-electron chi connectivity index (χ2n) is 8.97. The summed E-state index contributed by atoms with van der Waals surface area (Å²) in [6.07, 6.45) is 1.58. The number of nitrogens with zero attached hydrogens (tertiary/aromatic N) is 7. The molecule has 1 aliphatic rings. The van der Waals surface area contributed by atoms with Crippen LogP contribution < -0.4 is 4.90 Å². The van der Waals surface area contributed by atoms with Crippen molar-refractivity contribution in [1.29, 1.82) is 0 Å². The van der Waals surface area contributed by atoms with Crippen molar-refractivity contribution in [3.63, 3.8) is 0 Å². The molecule has 0 N–H and O–H groups in total. The summed E-state index contributed by atoms with van der Waals surface area (Å²) in [7, 11) is 0. The molecule has 11 heteroatoms. The lowest BCUT2D eigenvalue weighted by atomic mass is 10.1. The van der Waals surface area contributed by atoms with Crippen LogP contribution in [0.4, 0.5) is 15.9 Å². The molecule has 1 fully saturated rings. The van der Waals surface area contributed by atoms with Gasteiger partial charge in [-0.1, -0.05) is 6.92 Å². The van der Waals surface area contributed by atoms with Gasteiger partial charge < -0.3 is 9.80 Å². The molecule has 1 aliphatic heterocycles. The number of halogens is 1. The maximum absolute atomic E-state index is 13.5. The zero-order valence-electron chi connectivity index (χ0n) is 20.6. The van der Waals surface area contributed by atoms with Gasteiger partial charge in [0.25, 0.3) is 11.6 Å². The zero-order valence-corrected chi connectivity index (χ0v) is 20.6.